The van der Waals surface area contributed by atoms with Gasteiger partial charge < -0.3 is 9.80 Å². The lowest BCUT2D eigenvalue weighted by Crippen LogP contribution is -2.50. The third-order valence-corrected chi connectivity index (χ3v) is 4.93. The van der Waals surface area contributed by atoms with Gasteiger partial charge in [-0.05, 0) is 52.1 Å². The molecule has 0 saturated carbocycles. The van der Waals surface area contributed by atoms with Crippen molar-refractivity contribution in [2.24, 2.45) is 0 Å². The number of nitrogens with zero attached hydrogens (tertiary/aromatic N) is 4. The molecule has 0 aliphatic carbocycles. The molecule has 22 heavy (non-hydrogen) atoms. The van der Waals surface area contributed by atoms with E-state index < -0.39 is 0 Å². The topological polar surface area (TPSA) is 62.5 Å². The van der Waals surface area contributed by atoms with Crippen LogP contribution >= 0.6 is 0 Å². The van der Waals surface area contributed by atoms with Crippen LogP contribution in [-0.4, -0.2) is 58.2 Å². The predicted molar refractivity (Wildman–Crippen MR) is 82.4 cm³/mol. The first-order valence-electron chi connectivity index (χ1n) is 8.54. The molecule has 2 saturated heterocycles. The summed E-state index contributed by atoms with van der Waals surface area (Å²) in [5, 5.41) is 7.61. The monoisotopic (exact) mass is 306 g/mol. The Labute approximate surface area is 131 Å². The summed E-state index contributed by atoms with van der Waals surface area (Å²) in [5.74, 6) is 0.167. The van der Waals surface area contributed by atoms with Gasteiger partial charge in [0, 0.05) is 19.1 Å². The average Bonchev–Trinajstić information content (AvgIpc) is 2.94. The third kappa shape index (κ3) is 3.66. The van der Waals surface area contributed by atoms with Gasteiger partial charge >= 0.3 is 0 Å². The van der Waals surface area contributed by atoms with Gasteiger partial charge in [0.1, 0.15) is 11.4 Å². The van der Waals surface area contributed by atoms with Gasteiger partial charge in [-0.25, -0.2) is 4.63 Å². The maximum absolute atomic E-state index is 12.7. The number of carbonyl (C=O) groups excluding carboxylic acids is 1. The summed E-state index contributed by atoms with van der Waals surface area (Å²) in [6, 6.07) is 0.361. The quantitative estimate of drug-likeness (QED) is 0.848. The number of aryl methyl sites for hydroxylation is 1. The second kappa shape index (κ2) is 7.22. The molecule has 0 bridgehead atoms. The lowest BCUT2D eigenvalue weighted by atomic mass is 9.99. The van der Waals surface area contributed by atoms with E-state index >= 15 is 0 Å². The molecule has 2 aliphatic rings. The van der Waals surface area contributed by atoms with Crippen LogP contribution in [0.15, 0.2) is 4.63 Å². The van der Waals surface area contributed by atoms with E-state index in [-0.39, 0.29) is 5.91 Å². The van der Waals surface area contributed by atoms with Crippen molar-refractivity contribution in [3.05, 3.63) is 11.4 Å². The molecule has 1 aromatic heterocycles. The SMILES string of the molecule is Cc1nonc1CC(=O)N1CCCCC1CN1CCCCC1. The highest BCUT2D eigenvalue weighted by molar-refractivity contribution is 5.79. The lowest BCUT2D eigenvalue weighted by molar-refractivity contribution is -0.134. The van der Waals surface area contributed by atoms with Gasteiger partial charge in [-0.3, -0.25) is 4.79 Å². The first-order chi connectivity index (χ1) is 10.7. The van der Waals surface area contributed by atoms with Crippen molar-refractivity contribution in [2.75, 3.05) is 26.2 Å². The first-order valence-corrected chi connectivity index (χ1v) is 8.54. The Morgan fingerprint density at radius 3 is 2.64 bits per heavy atom. The van der Waals surface area contributed by atoms with Gasteiger partial charge in [0.05, 0.1) is 6.42 Å². The Morgan fingerprint density at radius 2 is 1.91 bits per heavy atom. The van der Waals surface area contributed by atoms with Crippen LogP contribution in [0.5, 0.6) is 0 Å². The number of hydrogen-bond acceptors (Lipinski definition) is 5. The largest absolute Gasteiger partial charge is 0.338 e. The van der Waals surface area contributed by atoms with Gasteiger partial charge in [-0.15, -0.1) is 0 Å². The fraction of sp³-hybridized carbons (Fsp3) is 0.812. The lowest BCUT2D eigenvalue weighted by Gasteiger charge is -2.39. The molecular weight excluding hydrogens is 280 g/mol. The molecule has 2 aliphatic heterocycles. The first kappa shape index (κ1) is 15.5. The van der Waals surface area contributed by atoms with Crippen molar-refractivity contribution < 1.29 is 9.42 Å². The van der Waals surface area contributed by atoms with E-state index in [1.165, 1.54) is 38.8 Å². The van der Waals surface area contributed by atoms with Gasteiger partial charge in [0.15, 0.2) is 0 Å². The van der Waals surface area contributed by atoms with E-state index in [4.69, 9.17) is 4.63 Å². The minimum absolute atomic E-state index is 0.167. The van der Waals surface area contributed by atoms with E-state index in [9.17, 15) is 4.79 Å². The molecule has 1 unspecified atom stereocenters. The second-order valence-corrected chi connectivity index (χ2v) is 6.57. The fourth-order valence-electron chi connectivity index (χ4n) is 3.61. The second-order valence-electron chi connectivity index (χ2n) is 6.57. The van der Waals surface area contributed by atoms with Crippen molar-refractivity contribution in [3.8, 4) is 0 Å². The van der Waals surface area contributed by atoms with Gasteiger partial charge in [-0.1, -0.05) is 16.7 Å². The molecule has 6 nitrogen and oxygen atoms in total. The van der Waals surface area contributed by atoms with Crippen LogP contribution < -0.4 is 0 Å². The molecule has 0 radical (unpaired) electrons. The fourth-order valence-corrected chi connectivity index (χ4v) is 3.61. The van der Waals surface area contributed by atoms with Crippen molar-refractivity contribution >= 4 is 5.91 Å². The summed E-state index contributed by atoms with van der Waals surface area (Å²) in [5.41, 5.74) is 1.39. The van der Waals surface area contributed by atoms with Crippen LogP contribution in [0, 0.1) is 6.92 Å². The molecule has 0 aromatic carbocycles. The average molecular weight is 306 g/mol. The number of hydrogen-bond donors (Lipinski definition) is 0. The zero-order valence-electron chi connectivity index (χ0n) is 13.5. The van der Waals surface area contributed by atoms with Gasteiger partial charge in [0.25, 0.3) is 0 Å². The summed E-state index contributed by atoms with van der Waals surface area (Å²) >= 11 is 0. The van der Waals surface area contributed by atoms with Crippen LogP contribution in [0.2, 0.25) is 0 Å². The van der Waals surface area contributed by atoms with Crippen LogP contribution in [0.25, 0.3) is 0 Å². The van der Waals surface area contributed by atoms with Crippen LogP contribution in [-0.2, 0) is 11.2 Å². The maximum atomic E-state index is 12.7. The number of rotatable bonds is 4. The normalized spacial score (nSPS) is 23.7. The highest BCUT2D eigenvalue weighted by Gasteiger charge is 2.29. The number of amides is 1. The van der Waals surface area contributed by atoms with E-state index in [1.807, 2.05) is 6.92 Å². The molecule has 0 spiro atoms. The van der Waals surface area contributed by atoms with E-state index in [0.29, 0.717) is 18.2 Å². The number of piperidine rings is 2. The van der Waals surface area contributed by atoms with Crippen molar-refractivity contribution in [3.63, 3.8) is 0 Å². The Balaban J connectivity index is 1.61. The molecule has 1 aromatic rings. The third-order valence-electron chi connectivity index (χ3n) is 4.93. The summed E-state index contributed by atoms with van der Waals surface area (Å²) in [6.07, 6.45) is 7.71. The number of aromatic nitrogens is 2. The zero-order valence-corrected chi connectivity index (χ0v) is 13.5. The molecule has 1 atom stereocenters. The zero-order chi connectivity index (χ0) is 15.4. The Morgan fingerprint density at radius 1 is 1.14 bits per heavy atom. The minimum Gasteiger partial charge on any atom is -0.338 e. The van der Waals surface area contributed by atoms with Gasteiger partial charge in [0.2, 0.25) is 5.91 Å². The van der Waals surface area contributed by atoms with E-state index in [2.05, 4.69) is 20.1 Å². The molecule has 122 valence electrons. The molecule has 1 amide bonds. The smallest absolute Gasteiger partial charge is 0.229 e. The Kier molecular flexibility index (Phi) is 5.08. The molecule has 6 heteroatoms. The Bertz CT molecular complexity index is 496. The van der Waals surface area contributed by atoms with Gasteiger partial charge in [-0.2, -0.15) is 0 Å². The maximum Gasteiger partial charge on any atom is 0.229 e. The van der Waals surface area contributed by atoms with Crippen molar-refractivity contribution in [2.45, 2.75) is 57.9 Å². The number of likely N-dealkylation sites (tertiary alicyclic amines) is 2. The molecule has 3 rings (SSSR count). The predicted octanol–water partition coefficient (Wildman–Crippen LogP) is 1.79. The van der Waals surface area contributed by atoms with Crippen LogP contribution in [0.1, 0.15) is 49.9 Å². The van der Waals surface area contributed by atoms with Crippen LogP contribution in [0.4, 0.5) is 0 Å². The van der Waals surface area contributed by atoms with Crippen LogP contribution in [0.3, 0.4) is 0 Å². The highest BCUT2D eigenvalue weighted by Crippen LogP contribution is 2.21. The Hall–Kier alpha value is -1.43. The minimum atomic E-state index is 0.167. The summed E-state index contributed by atoms with van der Waals surface area (Å²) in [7, 11) is 0. The van der Waals surface area contributed by atoms with Crippen molar-refractivity contribution in [1.82, 2.24) is 20.1 Å². The molecule has 0 N–H and O–H groups in total. The molecule has 3 heterocycles. The molecule has 2 fully saturated rings. The molecular formula is C16H26N4O2. The number of carbonyl (C=O) groups is 1. The van der Waals surface area contributed by atoms with E-state index in [1.54, 1.807) is 0 Å². The summed E-state index contributed by atoms with van der Waals surface area (Å²) in [6.45, 7) is 6.11. The summed E-state index contributed by atoms with van der Waals surface area (Å²) in [4.78, 5) is 17.3. The standard InChI is InChI=1S/C16H26N4O2/c1-13-15(18-22-17-13)11-16(21)20-10-6-3-7-14(20)12-19-8-4-2-5-9-19/h14H,2-12H2,1H3. The summed E-state index contributed by atoms with van der Waals surface area (Å²) < 4.78 is 4.70. The van der Waals surface area contributed by atoms with E-state index in [0.717, 1.165) is 31.6 Å². The highest BCUT2D eigenvalue weighted by atomic mass is 16.6. The van der Waals surface area contributed by atoms with Crippen molar-refractivity contribution in [1.29, 1.82) is 0 Å².